The van der Waals surface area contributed by atoms with Gasteiger partial charge in [-0.3, -0.25) is 4.57 Å². The molecule has 0 amide bonds. The number of aromatic nitrogens is 3. The Labute approximate surface area is 108 Å². The van der Waals surface area contributed by atoms with Crippen molar-refractivity contribution in [2.75, 3.05) is 0 Å². The molecule has 0 bridgehead atoms. The zero-order valence-electron chi connectivity index (χ0n) is 11.4. The van der Waals surface area contributed by atoms with Crippen LogP contribution < -0.4 is 5.73 Å². The average molecular weight is 244 g/mol. The van der Waals surface area contributed by atoms with Gasteiger partial charge < -0.3 is 5.73 Å². The first-order valence-electron chi connectivity index (χ1n) is 6.21. The van der Waals surface area contributed by atoms with Crippen LogP contribution in [-0.2, 0) is 6.42 Å². The minimum atomic E-state index is 0.161. The molecule has 2 rings (SSSR count). The summed E-state index contributed by atoms with van der Waals surface area (Å²) in [5, 5.41) is 0. The SMILES string of the molecule is Cc1cc(CC(C)N)cnc1-n1cnc(C)c1C. The van der Waals surface area contributed by atoms with Crippen molar-refractivity contribution in [1.29, 1.82) is 0 Å². The predicted octanol–water partition coefficient (Wildman–Crippen LogP) is 2.08. The summed E-state index contributed by atoms with van der Waals surface area (Å²) in [6, 6.07) is 2.31. The van der Waals surface area contributed by atoms with Gasteiger partial charge in [0.2, 0.25) is 0 Å². The second-order valence-corrected chi connectivity index (χ2v) is 4.95. The quantitative estimate of drug-likeness (QED) is 0.899. The van der Waals surface area contributed by atoms with Crippen molar-refractivity contribution in [2.24, 2.45) is 5.73 Å². The molecule has 2 aromatic rings. The van der Waals surface area contributed by atoms with Crippen molar-refractivity contribution in [3.8, 4) is 5.82 Å². The number of aryl methyl sites for hydroxylation is 2. The van der Waals surface area contributed by atoms with Crippen molar-refractivity contribution in [3.63, 3.8) is 0 Å². The molecule has 1 unspecified atom stereocenters. The van der Waals surface area contributed by atoms with Crippen molar-refractivity contribution in [3.05, 3.63) is 41.1 Å². The second kappa shape index (κ2) is 4.90. The third kappa shape index (κ3) is 2.43. The standard InChI is InChI=1S/C14H20N4/c1-9-5-13(6-10(2)15)7-16-14(9)18-8-17-11(3)12(18)4/h5,7-8,10H,6,15H2,1-4H3. The summed E-state index contributed by atoms with van der Waals surface area (Å²) in [5.74, 6) is 0.946. The van der Waals surface area contributed by atoms with E-state index >= 15 is 0 Å². The van der Waals surface area contributed by atoms with Crippen LogP contribution in [0, 0.1) is 20.8 Å². The highest BCUT2D eigenvalue weighted by Crippen LogP contribution is 2.17. The summed E-state index contributed by atoms with van der Waals surface area (Å²) in [6.07, 6.45) is 4.59. The molecule has 1 atom stereocenters. The first-order chi connectivity index (χ1) is 8.49. The van der Waals surface area contributed by atoms with Gasteiger partial charge in [0.1, 0.15) is 12.1 Å². The molecule has 0 saturated heterocycles. The molecule has 2 heterocycles. The topological polar surface area (TPSA) is 56.7 Å². The lowest BCUT2D eigenvalue weighted by Gasteiger charge is -2.11. The van der Waals surface area contributed by atoms with Gasteiger partial charge in [0.25, 0.3) is 0 Å². The highest BCUT2D eigenvalue weighted by atomic mass is 15.1. The molecule has 4 nitrogen and oxygen atoms in total. The smallest absolute Gasteiger partial charge is 0.140 e. The Morgan fingerprint density at radius 3 is 2.50 bits per heavy atom. The number of imidazole rings is 1. The van der Waals surface area contributed by atoms with Crippen LogP contribution in [0.25, 0.3) is 5.82 Å². The lowest BCUT2D eigenvalue weighted by molar-refractivity contribution is 0.733. The number of hydrogen-bond acceptors (Lipinski definition) is 3. The molecular weight excluding hydrogens is 224 g/mol. The molecule has 0 saturated carbocycles. The largest absolute Gasteiger partial charge is 0.328 e. The second-order valence-electron chi connectivity index (χ2n) is 4.95. The Morgan fingerprint density at radius 1 is 1.28 bits per heavy atom. The molecule has 96 valence electrons. The number of nitrogens with zero attached hydrogens (tertiary/aromatic N) is 3. The van der Waals surface area contributed by atoms with Crippen molar-refractivity contribution in [2.45, 2.75) is 40.2 Å². The van der Waals surface area contributed by atoms with Crippen molar-refractivity contribution in [1.82, 2.24) is 14.5 Å². The van der Waals surface area contributed by atoms with Gasteiger partial charge in [0.15, 0.2) is 0 Å². The predicted molar refractivity (Wildman–Crippen MR) is 72.9 cm³/mol. The van der Waals surface area contributed by atoms with E-state index in [1.165, 1.54) is 5.56 Å². The fourth-order valence-electron chi connectivity index (χ4n) is 2.07. The van der Waals surface area contributed by atoms with Crippen molar-refractivity contribution < 1.29 is 0 Å². The normalized spacial score (nSPS) is 12.7. The summed E-state index contributed by atoms with van der Waals surface area (Å²) < 4.78 is 2.03. The number of hydrogen-bond donors (Lipinski definition) is 1. The highest BCUT2D eigenvalue weighted by Gasteiger charge is 2.09. The van der Waals surface area contributed by atoms with Gasteiger partial charge in [-0.2, -0.15) is 0 Å². The summed E-state index contributed by atoms with van der Waals surface area (Å²) in [4.78, 5) is 8.85. The Kier molecular flexibility index (Phi) is 3.48. The summed E-state index contributed by atoms with van der Waals surface area (Å²) in [5.41, 5.74) is 10.3. The summed E-state index contributed by atoms with van der Waals surface area (Å²) in [7, 11) is 0. The van der Waals surface area contributed by atoms with Crippen LogP contribution in [0.15, 0.2) is 18.6 Å². The minimum absolute atomic E-state index is 0.161. The van der Waals surface area contributed by atoms with E-state index in [1.54, 1.807) is 0 Å². The Hall–Kier alpha value is -1.68. The first kappa shape index (κ1) is 12.8. The van der Waals surface area contributed by atoms with Gasteiger partial charge in [-0.25, -0.2) is 9.97 Å². The van der Waals surface area contributed by atoms with Crippen LogP contribution in [0.4, 0.5) is 0 Å². The maximum Gasteiger partial charge on any atom is 0.140 e. The van der Waals surface area contributed by atoms with Gasteiger partial charge in [-0.15, -0.1) is 0 Å². The minimum Gasteiger partial charge on any atom is -0.328 e. The van der Waals surface area contributed by atoms with Crippen LogP contribution in [0.1, 0.15) is 29.4 Å². The maximum atomic E-state index is 5.81. The Morgan fingerprint density at radius 2 is 2.00 bits per heavy atom. The Bertz CT molecular complexity index is 555. The van der Waals surface area contributed by atoms with E-state index in [4.69, 9.17) is 5.73 Å². The molecule has 0 aliphatic heterocycles. The molecule has 0 aliphatic carbocycles. The zero-order valence-corrected chi connectivity index (χ0v) is 11.4. The fourth-order valence-corrected chi connectivity index (χ4v) is 2.07. The zero-order chi connectivity index (χ0) is 13.3. The molecule has 0 aliphatic rings. The van der Waals surface area contributed by atoms with Crippen molar-refractivity contribution >= 4 is 0 Å². The lowest BCUT2D eigenvalue weighted by Crippen LogP contribution is -2.18. The van der Waals surface area contributed by atoms with Crippen LogP contribution >= 0.6 is 0 Å². The van der Waals surface area contributed by atoms with Crippen LogP contribution in [0.2, 0.25) is 0 Å². The van der Waals surface area contributed by atoms with E-state index in [0.29, 0.717) is 0 Å². The fraction of sp³-hybridized carbons (Fsp3) is 0.429. The number of nitrogens with two attached hydrogens (primary N) is 1. The van der Waals surface area contributed by atoms with E-state index in [2.05, 4.69) is 29.9 Å². The van der Waals surface area contributed by atoms with E-state index in [0.717, 1.165) is 29.2 Å². The van der Waals surface area contributed by atoms with E-state index < -0.39 is 0 Å². The van der Waals surface area contributed by atoms with Crippen LogP contribution in [0.3, 0.4) is 0 Å². The van der Waals surface area contributed by atoms with Gasteiger partial charge in [0, 0.05) is 17.9 Å². The number of pyridine rings is 1. The van der Waals surface area contributed by atoms with E-state index in [9.17, 15) is 0 Å². The van der Waals surface area contributed by atoms with Crippen LogP contribution in [0.5, 0.6) is 0 Å². The summed E-state index contributed by atoms with van der Waals surface area (Å²) in [6.45, 7) is 8.14. The molecule has 2 aromatic heterocycles. The lowest BCUT2D eigenvalue weighted by atomic mass is 10.1. The molecule has 0 spiro atoms. The monoisotopic (exact) mass is 244 g/mol. The molecule has 4 heteroatoms. The average Bonchev–Trinajstić information content (AvgIpc) is 2.60. The van der Waals surface area contributed by atoms with Gasteiger partial charge in [-0.1, -0.05) is 6.07 Å². The third-order valence-electron chi connectivity index (χ3n) is 3.14. The summed E-state index contributed by atoms with van der Waals surface area (Å²) >= 11 is 0. The van der Waals surface area contributed by atoms with E-state index in [-0.39, 0.29) is 6.04 Å². The van der Waals surface area contributed by atoms with Crippen LogP contribution in [-0.4, -0.2) is 20.6 Å². The van der Waals surface area contributed by atoms with Gasteiger partial charge in [0.05, 0.1) is 5.69 Å². The van der Waals surface area contributed by atoms with Gasteiger partial charge >= 0.3 is 0 Å². The highest BCUT2D eigenvalue weighted by molar-refractivity contribution is 5.37. The molecule has 2 N–H and O–H groups in total. The Balaban J connectivity index is 2.38. The number of rotatable bonds is 3. The maximum absolute atomic E-state index is 5.81. The third-order valence-corrected chi connectivity index (χ3v) is 3.14. The molecular formula is C14H20N4. The molecule has 0 fully saturated rings. The first-order valence-corrected chi connectivity index (χ1v) is 6.21. The van der Waals surface area contributed by atoms with Gasteiger partial charge in [-0.05, 0) is 45.2 Å². The van der Waals surface area contributed by atoms with E-state index in [1.807, 2.05) is 30.9 Å². The molecule has 0 aromatic carbocycles. The molecule has 0 radical (unpaired) electrons. The molecule has 18 heavy (non-hydrogen) atoms.